The highest BCUT2D eigenvalue weighted by atomic mass is 15.3. The molecule has 25 heavy (non-hydrogen) atoms. The Balaban J connectivity index is 1.50. The van der Waals surface area contributed by atoms with Crippen LogP contribution in [0.1, 0.15) is 38.7 Å². The molecule has 1 fully saturated rings. The minimum Gasteiger partial charge on any atom is -0.370 e. The van der Waals surface area contributed by atoms with E-state index in [1.165, 1.54) is 24.8 Å². The van der Waals surface area contributed by atoms with Crippen molar-refractivity contribution in [3.63, 3.8) is 0 Å². The second kappa shape index (κ2) is 8.84. The Morgan fingerprint density at radius 2 is 1.88 bits per heavy atom. The fourth-order valence-electron chi connectivity index (χ4n) is 3.37. The molecule has 1 aliphatic rings. The van der Waals surface area contributed by atoms with Gasteiger partial charge in [0.25, 0.3) is 0 Å². The predicted octanol–water partition coefficient (Wildman–Crippen LogP) is 4.39. The minimum atomic E-state index is 0.706. The van der Waals surface area contributed by atoms with E-state index in [0.29, 0.717) is 5.92 Å². The van der Waals surface area contributed by atoms with Crippen molar-refractivity contribution >= 4 is 11.8 Å². The van der Waals surface area contributed by atoms with Crippen molar-refractivity contribution in [1.29, 1.82) is 0 Å². The largest absolute Gasteiger partial charge is 0.370 e. The number of rotatable bonds is 7. The van der Waals surface area contributed by atoms with Gasteiger partial charge in [-0.1, -0.05) is 44.2 Å². The molecule has 1 aromatic carbocycles. The number of hydrogen-bond acceptors (Lipinski definition) is 4. The van der Waals surface area contributed by atoms with Crippen LogP contribution in [0.25, 0.3) is 0 Å². The summed E-state index contributed by atoms with van der Waals surface area (Å²) in [5.74, 6) is 3.29. The molecule has 134 valence electrons. The lowest BCUT2D eigenvalue weighted by Crippen LogP contribution is -2.35. The molecule has 4 heteroatoms. The summed E-state index contributed by atoms with van der Waals surface area (Å²) in [5.41, 5.74) is 1.45. The highest BCUT2D eigenvalue weighted by Gasteiger charge is 2.21. The van der Waals surface area contributed by atoms with Crippen molar-refractivity contribution in [2.45, 2.75) is 39.5 Å². The Bertz CT molecular complexity index is 633. The number of aromatic nitrogens is 2. The van der Waals surface area contributed by atoms with Crippen LogP contribution in [-0.4, -0.2) is 29.6 Å². The predicted molar refractivity (Wildman–Crippen MR) is 105 cm³/mol. The first-order chi connectivity index (χ1) is 12.2. The summed E-state index contributed by atoms with van der Waals surface area (Å²) < 4.78 is 0. The van der Waals surface area contributed by atoms with E-state index in [2.05, 4.69) is 59.4 Å². The number of benzene rings is 1. The normalized spacial score (nSPS) is 15.6. The van der Waals surface area contributed by atoms with Gasteiger partial charge in [0.1, 0.15) is 5.82 Å². The van der Waals surface area contributed by atoms with Gasteiger partial charge in [-0.3, -0.25) is 0 Å². The maximum Gasteiger partial charge on any atom is 0.227 e. The van der Waals surface area contributed by atoms with Crippen molar-refractivity contribution in [2.75, 3.05) is 29.9 Å². The zero-order valence-electron chi connectivity index (χ0n) is 15.5. The maximum absolute atomic E-state index is 4.71. The van der Waals surface area contributed by atoms with Gasteiger partial charge in [-0.15, -0.1) is 0 Å². The quantitative estimate of drug-likeness (QED) is 0.813. The van der Waals surface area contributed by atoms with Crippen LogP contribution in [0.15, 0.2) is 42.6 Å². The van der Waals surface area contributed by atoms with Crippen LogP contribution in [0, 0.1) is 11.8 Å². The fourth-order valence-corrected chi connectivity index (χ4v) is 3.37. The van der Waals surface area contributed by atoms with Crippen LogP contribution in [0.5, 0.6) is 0 Å². The molecule has 0 atom stereocenters. The summed E-state index contributed by atoms with van der Waals surface area (Å²) >= 11 is 0. The fraction of sp³-hybridized carbons (Fsp3) is 0.524. The Morgan fingerprint density at radius 1 is 1.12 bits per heavy atom. The molecule has 4 nitrogen and oxygen atoms in total. The van der Waals surface area contributed by atoms with E-state index in [4.69, 9.17) is 4.98 Å². The molecule has 0 radical (unpaired) electrons. The summed E-state index contributed by atoms with van der Waals surface area (Å²) in [6.45, 7) is 7.55. The molecular formula is C21H30N4. The highest BCUT2D eigenvalue weighted by Crippen LogP contribution is 2.24. The van der Waals surface area contributed by atoms with Crippen LogP contribution < -0.4 is 10.2 Å². The average molecular weight is 338 g/mol. The topological polar surface area (TPSA) is 41.1 Å². The molecule has 2 aromatic rings. The molecule has 0 bridgehead atoms. The van der Waals surface area contributed by atoms with E-state index < -0.39 is 0 Å². The van der Waals surface area contributed by atoms with Crippen LogP contribution in [0.2, 0.25) is 0 Å². The van der Waals surface area contributed by atoms with Crippen molar-refractivity contribution in [2.24, 2.45) is 11.8 Å². The Labute approximate surface area is 151 Å². The third kappa shape index (κ3) is 5.45. The zero-order valence-corrected chi connectivity index (χ0v) is 15.5. The van der Waals surface area contributed by atoms with Gasteiger partial charge in [0.2, 0.25) is 5.95 Å². The number of anilines is 2. The highest BCUT2D eigenvalue weighted by molar-refractivity contribution is 5.41. The molecule has 0 amide bonds. The van der Waals surface area contributed by atoms with Gasteiger partial charge in [0.15, 0.2) is 0 Å². The third-order valence-corrected chi connectivity index (χ3v) is 4.94. The SMILES string of the molecule is CC(C)CCNc1ccnc(N2CCC(Cc3ccccc3)CC2)n1. The second-order valence-electron chi connectivity index (χ2n) is 7.47. The van der Waals surface area contributed by atoms with Crippen LogP contribution in [-0.2, 0) is 6.42 Å². The molecule has 1 N–H and O–H groups in total. The summed E-state index contributed by atoms with van der Waals surface area (Å²) in [5, 5.41) is 3.42. The van der Waals surface area contributed by atoms with Crippen molar-refractivity contribution in [3.05, 3.63) is 48.2 Å². The Hall–Kier alpha value is -2.10. The number of nitrogens with one attached hydrogen (secondary N) is 1. The third-order valence-electron chi connectivity index (χ3n) is 4.94. The molecular weight excluding hydrogens is 308 g/mol. The smallest absolute Gasteiger partial charge is 0.227 e. The molecule has 3 rings (SSSR count). The van der Waals surface area contributed by atoms with Gasteiger partial charge < -0.3 is 10.2 Å². The van der Waals surface area contributed by atoms with Crippen molar-refractivity contribution < 1.29 is 0 Å². The van der Waals surface area contributed by atoms with E-state index in [9.17, 15) is 0 Å². The lowest BCUT2D eigenvalue weighted by Gasteiger charge is -2.32. The van der Waals surface area contributed by atoms with E-state index in [1.807, 2.05) is 12.3 Å². The van der Waals surface area contributed by atoms with Crippen LogP contribution >= 0.6 is 0 Å². The van der Waals surface area contributed by atoms with Gasteiger partial charge in [-0.25, -0.2) is 4.98 Å². The van der Waals surface area contributed by atoms with Gasteiger partial charge in [0, 0.05) is 25.8 Å². The molecule has 1 aliphatic heterocycles. The molecule has 0 aliphatic carbocycles. The van der Waals surface area contributed by atoms with Crippen molar-refractivity contribution in [3.8, 4) is 0 Å². The van der Waals surface area contributed by atoms with Crippen molar-refractivity contribution in [1.82, 2.24) is 9.97 Å². The summed E-state index contributed by atoms with van der Waals surface area (Å²) in [7, 11) is 0. The first-order valence-electron chi connectivity index (χ1n) is 9.56. The Morgan fingerprint density at radius 3 is 2.60 bits per heavy atom. The maximum atomic E-state index is 4.71. The van der Waals surface area contributed by atoms with E-state index in [-0.39, 0.29) is 0 Å². The Kier molecular flexibility index (Phi) is 6.26. The molecule has 0 spiro atoms. The first-order valence-corrected chi connectivity index (χ1v) is 9.56. The van der Waals surface area contributed by atoms with Crippen LogP contribution in [0.3, 0.4) is 0 Å². The van der Waals surface area contributed by atoms with E-state index >= 15 is 0 Å². The van der Waals surface area contributed by atoms with Gasteiger partial charge in [-0.2, -0.15) is 4.98 Å². The standard InChI is InChI=1S/C21H30N4/c1-17(2)8-12-22-20-9-13-23-21(24-20)25-14-10-19(11-15-25)16-18-6-4-3-5-7-18/h3-7,9,13,17,19H,8,10-12,14-16H2,1-2H3,(H,22,23,24). The summed E-state index contributed by atoms with van der Waals surface area (Å²) in [6.07, 6.45) is 6.64. The molecule has 1 saturated heterocycles. The zero-order chi connectivity index (χ0) is 17.5. The van der Waals surface area contributed by atoms with Gasteiger partial charge in [0.05, 0.1) is 0 Å². The van der Waals surface area contributed by atoms with E-state index in [0.717, 1.165) is 43.7 Å². The number of hydrogen-bond donors (Lipinski definition) is 1. The summed E-state index contributed by atoms with van der Waals surface area (Å²) in [6, 6.07) is 12.8. The summed E-state index contributed by atoms with van der Waals surface area (Å²) in [4.78, 5) is 11.5. The number of nitrogens with zero attached hydrogens (tertiary/aromatic N) is 3. The molecule has 0 unspecified atom stereocenters. The minimum absolute atomic E-state index is 0.706. The first kappa shape index (κ1) is 17.7. The average Bonchev–Trinajstić information content (AvgIpc) is 2.63. The van der Waals surface area contributed by atoms with E-state index in [1.54, 1.807) is 0 Å². The lowest BCUT2D eigenvalue weighted by atomic mass is 9.90. The van der Waals surface area contributed by atoms with Gasteiger partial charge in [-0.05, 0) is 49.1 Å². The number of piperidine rings is 1. The van der Waals surface area contributed by atoms with Crippen LogP contribution in [0.4, 0.5) is 11.8 Å². The lowest BCUT2D eigenvalue weighted by molar-refractivity contribution is 0.400. The molecule has 0 saturated carbocycles. The second-order valence-corrected chi connectivity index (χ2v) is 7.47. The monoisotopic (exact) mass is 338 g/mol. The molecule has 1 aromatic heterocycles. The van der Waals surface area contributed by atoms with Gasteiger partial charge >= 0.3 is 0 Å². The molecule has 2 heterocycles.